The van der Waals surface area contributed by atoms with Gasteiger partial charge in [-0.05, 0) is 49.2 Å². The van der Waals surface area contributed by atoms with E-state index in [-0.39, 0.29) is 5.70 Å². The third-order valence-corrected chi connectivity index (χ3v) is 3.20. The molecule has 4 nitrogen and oxygen atoms in total. The van der Waals surface area contributed by atoms with Crippen molar-refractivity contribution in [2.45, 2.75) is 13.8 Å². The van der Waals surface area contributed by atoms with Gasteiger partial charge in [-0.3, -0.25) is 0 Å². The van der Waals surface area contributed by atoms with Crippen molar-refractivity contribution in [3.63, 3.8) is 0 Å². The van der Waals surface area contributed by atoms with Crippen molar-refractivity contribution in [1.29, 1.82) is 0 Å². The second-order valence-electron chi connectivity index (χ2n) is 4.65. The minimum absolute atomic E-state index is 0.244. The topological polar surface area (TPSA) is 51.8 Å². The van der Waals surface area contributed by atoms with Crippen molar-refractivity contribution < 1.29 is 13.9 Å². The van der Waals surface area contributed by atoms with Gasteiger partial charge in [-0.2, -0.15) is 0 Å². The maximum Gasteiger partial charge on any atom is 0.363 e. The highest BCUT2D eigenvalue weighted by Gasteiger charge is 2.24. The first-order chi connectivity index (χ1) is 9.63. The van der Waals surface area contributed by atoms with Gasteiger partial charge in [0.15, 0.2) is 5.70 Å². The van der Waals surface area contributed by atoms with Crippen LogP contribution < -0.4 is 0 Å². The van der Waals surface area contributed by atoms with Gasteiger partial charge in [-0.15, -0.1) is 0 Å². The maximum atomic E-state index is 11.8. The Labute approximate surface area is 116 Å². The number of carbonyl (C=O) groups is 1. The fourth-order valence-electron chi connectivity index (χ4n) is 1.92. The van der Waals surface area contributed by atoms with Crippen LogP contribution in [0.2, 0.25) is 0 Å². The number of nitrogens with zero attached hydrogens (tertiary/aromatic N) is 1. The van der Waals surface area contributed by atoms with Gasteiger partial charge in [0.1, 0.15) is 5.76 Å². The zero-order valence-corrected chi connectivity index (χ0v) is 11.2. The normalized spacial score (nSPS) is 16.4. The fourth-order valence-corrected chi connectivity index (χ4v) is 1.92. The lowest BCUT2D eigenvalue weighted by Gasteiger charge is -2.03. The van der Waals surface area contributed by atoms with Crippen LogP contribution in [0.25, 0.3) is 6.08 Å². The quantitative estimate of drug-likeness (QED) is 0.620. The molecule has 4 heteroatoms. The maximum absolute atomic E-state index is 11.8. The molecule has 0 aliphatic carbocycles. The lowest BCUT2D eigenvalue weighted by molar-refractivity contribution is -0.129. The smallest absolute Gasteiger partial charge is 0.363 e. The van der Waals surface area contributed by atoms with Crippen molar-refractivity contribution in [2.75, 3.05) is 0 Å². The van der Waals surface area contributed by atoms with Crippen molar-refractivity contribution in [1.82, 2.24) is 0 Å². The first-order valence-electron chi connectivity index (χ1n) is 6.27. The van der Waals surface area contributed by atoms with Crippen LogP contribution in [0.3, 0.4) is 0 Å². The first-order valence-corrected chi connectivity index (χ1v) is 6.27. The van der Waals surface area contributed by atoms with Crippen LogP contribution in [0.1, 0.15) is 22.5 Å². The minimum Gasteiger partial charge on any atom is -0.465 e. The molecule has 2 aromatic rings. The zero-order chi connectivity index (χ0) is 14.1. The van der Waals surface area contributed by atoms with Crippen LogP contribution in [0, 0.1) is 13.8 Å². The van der Waals surface area contributed by atoms with Crippen LogP contribution in [-0.2, 0) is 9.53 Å². The molecular formula is C16H13NO3. The van der Waals surface area contributed by atoms with Crippen LogP contribution in [0.5, 0.6) is 0 Å². The molecule has 1 aliphatic rings. The second kappa shape index (κ2) is 4.81. The Morgan fingerprint density at radius 1 is 1.15 bits per heavy atom. The number of carbonyl (C=O) groups excluding carboxylic acids is 1. The number of hydrogen-bond donors (Lipinski definition) is 0. The van der Waals surface area contributed by atoms with E-state index in [4.69, 9.17) is 9.15 Å². The van der Waals surface area contributed by atoms with Crippen LogP contribution in [-0.4, -0.2) is 11.9 Å². The molecule has 1 aliphatic heterocycles. The Morgan fingerprint density at radius 3 is 2.70 bits per heavy atom. The fraction of sp³-hybridized carbons (Fsp3) is 0.125. The van der Waals surface area contributed by atoms with Crippen LogP contribution in [0.15, 0.2) is 51.7 Å². The Kier molecular flexibility index (Phi) is 2.99. The number of aryl methyl sites for hydroxylation is 2. The van der Waals surface area contributed by atoms with E-state index in [1.54, 1.807) is 24.5 Å². The summed E-state index contributed by atoms with van der Waals surface area (Å²) >= 11 is 0. The number of esters is 1. The molecule has 0 saturated heterocycles. The summed E-state index contributed by atoms with van der Waals surface area (Å²) in [5.74, 6) is 0.438. The molecule has 100 valence electrons. The largest absolute Gasteiger partial charge is 0.465 e. The lowest BCUT2D eigenvalue weighted by atomic mass is 10.1. The van der Waals surface area contributed by atoms with Gasteiger partial charge in [-0.1, -0.05) is 6.07 Å². The third kappa shape index (κ3) is 2.28. The molecule has 3 rings (SSSR count). The van der Waals surface area contributed by atoms with Gasteiger partial charge >= 0.3 is 5.97 Å². The highest BCUT2D eigenvalue weighted by atomic mass is 16.6. The Hall–Kier alpha value is -2.62. The number of benzene rings is 1. The average Bonchev–Trinajstić information content (AvgIpc) is 3.04. The van der Waals surface area contributed by atoms with Gasteiger partial charge in [0.25, 0.3) is 0 Å². The van der Waals surface area contributed by atoms with E-state index in [0.29, 0.717) is 11.7 Å². The van der Waals surface area contributed by atoms with E-state index in [1.165, 1.54) is 5.56 Å². The summed E-state index contributed by atoms with van der Waals surface area (Å²) in [7, 11) is 0. The number of aliphatic imine (C=N–C) groups is 1. The van der Waals surface area contributed by atoms with Gasteiger partial charge in [-0.25, -0.2) is 9.79 Å². The number of cyclic esters (lactones) is 1. The molecule has 20 heavy (non-hydrogen) atoms. The van der Waals surface area contributed by atoms with Gasteiger partial charge < -0.3 is 9.15 Å². The molecular weight excluding hydrogens is 254 g/mol. The van der Waals surface area contributed by atoms with E-state index in [0.717, 1.165) is 11.1 Å². The van der Waals surface area contributed by atoms with Crippen molar-refractivity contribution in [3.05, 3.63) is 64.7 Å². The summed E-state index contributed by atoms with van der Waals surface area (Å²) in [6.45, 7) is 4.04. The highest BCUT2D eigenvalue weighted by molar-refractivity contribution is 6.12. The number of rotatable bonds is 2. The van der Waals surface area contributed by atoms with E-state index >= 15 is 0 Å². The van der Waals surface area contributed by atoms with E-state index in [9.17, 15) is 4.79 Å². The first kappa shape index (κ1) is 12.4. The molecule has 0 fully saturated rings. The molecule has 0 amide bonds. The molecule has 0 atom stereocenters. The predicted molar refractivity (Wildman–Crippen MR) is 75.2 cm³/mol. The molecule has 1 aromatic carbocycles. The van der Waals surface area contributed by atoms with Gasteiger partial charge in [0.2, 0.25) is 5.90 Å². The average molecular weight is 267 g/mol. The van der Waals surface area contributed by atoms with Gasteiger partial charge in [0.05, 0.1) is 6.26 Å². The van der Waals surface area contributed by atoms with Crippen LogP contribution in [0.4, 0.5) is 0 Å². The van der Waals surface area contributed by atoms with Crippen molar-refractivity contribution in [2.24, 2.45) is 4.99 Å². The summed E-state index contributed by atoms with van der Waals surface area (Å²) in [6, 6.07) is 9.33. The molecule has 0 bridgehead atoms. The zero-order valence-electron chi connectivity index (χ0n) is 11.2. The van der Waals surface area contributed by atoms with E-state index < -0.39 is 5.97 Å². The monoisotopic (exact) mass is 267 g/mol. The number of furan rings is 1. The van der Waals surface area contributed by atoms with Gasteiger partial charge in [0, 0.05) is 11.6 Å². The molecule has 1 aromatic heterocycles. The molecule has 0 unspecified atom stereocenters. The summed E-state index contributed by atoms with van der Waals surface area (Å²) in [5.41, 5.74) is 3.35. The molecule has 2 heterocycles. The Morgan fingerprint density at radius 2 is 2.00 bits per heavy atom. The summed E-state index contributed by atoms with van der Waals surface area (Å²) < 4.78 is 10.4. The standard InChI is InChI=1S/C16H13NO3/c1-10-5-6-12(8-11(10)2)15-17-14(16(18)20-15)9-13-4-3-7-19-13/h3-9H,1-2H3/b14-9+. The summed E-state index contributed by atoms with van der Waals surface area (Å²) in [5, 5.41) is 0. The van der Waals surface area contributed by atoms with Crippen LogP contribution >= 0.6 is 0 Å². The summed E-state index contributed by atoms with van der Waals surface area (Å²) in [6.07, 6.45) is 3.11. The van der Waals surface area contributed by atoms with Crippen molar-refractivity contribution in [3.8, 4) is 0 Å². The number of hydrogen-bond acceptors (Lipinski definition) is 4. The molecule has 0 N–H and O–H groups in total. The highest BCUT2D eigenvalue weighted by Crippen LogP contribution is 2.20. The third-order valence-electron chi connectivity index (χ3n) is 3.20. The Balaban J connectivity index is 1.96. The SMILES string of the molecule is Cc1ccc(C2=N/C(=C/c3ccco3)C(=O)O2)cc1C. The van der Waals surface area contributed by atoms with E-state index in [1.807, 2.05) is 32.0 Å². The van der Waals surface area contributed by atoms with Crippen molar-refractivity contribution >= 4 is 17.9 Å². The molecule has 0 spiro atoms. The lowest BCUT2D eigenvalue weighted by Crippen LogP contribution is -2.05. The second-order valence-corrected chi connectivity index (χ2v) is 4.65. The van der Waals surface area contributed by atoms with E-state index in [2.05, 4.69) is 4.99 Å². The molecule has 0 radical (unpaired) electrons. The Bertz CT molecular complexity index is 724. The minimum atomic E-state index is -0.463. The molecule has 0 saturated carbocycles. The number of ether oxygens (including phenoxy) is 1. The summed E-state index contributed by atoms with van der Waals surface area (Å²) in [4.78, 5) is 16.0. The predicted octanol–water partition coefficient (Wildman–Crippen LogP) is 3.24.